The van der Waals surface area contributed by atoms with E-state index in [1.807, 2.05) is 0 Å². The highest BCUT2D eigenvalue weighted by molar-refractivity contribution is 6.04. The molecule has 3 aromatic rings. The smallest absolute Gasteiger partial charge is 0.421 e. The number of nitrogens with one attached hydrogen (secondary N) is 3. The van der Waals surface area contributed by atoms with E-state index in [0.29, 0.717) is 45.6 Å². The van der Waals surface area contributed by atoms with Gasteiger partial charge in [0.15, 0.2) is 11.6 Å². The van der Waals surface area contributed by atoms with Gasteiger partial charge in [-0.25, -0.2) is 13.8 Å². The fraction of sp³-hybridized carbons (Fsp3) is 0.321. The molecule has 1 aliphatic rings. The number of amides is 1. The molecule has 3 N–H and O–H groups in total. The quantitative estimate of drug-likeness (QED) is 0.164. The number of rotatable bonds is 12. The number of aromatic nitrogens is 2. The van der Waals surface area contributed by atoms with E-state index in [2.05, 4.69) is 42.1 Å². The SMILES string of the molecule is C=C(F)C(=O)Nc1cc(Nc2ncc(C(F)(F)F)c(Nc3ccc(F)cc3)n2)c(OC(F)F)cc1N(C)CCN1CCOCC1. The number of carbonyl (C=O) groups is 1. The minimum Gasteiger partial charge on any atom is -0.433 e. The maximum Gasteiger partial charge on any atom is 0.421 e. The second-order valence-corrected chi connectivity index (χ2v) is 9.69. The lowest BCUT2D eigenvalue weighted by molar-refractivity contribution is -0.137. The Morgan fingerprint density at radius 2 is 1.82 bits per heavy atom. The second-order valence-electron chi connectivity index (χ2n) is 9.69. The predicted octanol–water partition coefficient (Wildman–Crippen LogP) is 5.91. The molecule has 0 atom stereocenters. The van der Waals surface area contributed by atoms with Crippen molar-refractivity contribution < 1.29 is 45.0 Å². The summed E-state index contributed by atoms with van der Waals surface area (Å²) in [7, 11) is 1.61. The van der Waals surface area contributed by atoms with Crippen molar-refractivity contribution in [2.24, 2.45) is 0 Å². The summed E-state index contributed by atoms with van der Waals surface area (Å²) in [5.41, 5.74) is -1.41. The molecule has 1 saturated heterocycles. The van der Waals surface area contributed by atoms with Gasteiger partial charge in [-0.15, -0.1) is 0 Å². The topological polar surface area (TPSA) is 104 Å². The molecule has 17 heteroatoms. The number of halogens is 7. The van der Waals surface area contributed by atoms with E-state index in [4.69, 9.17) is 4.74 Å². The van der Waals surface area contributed by atoms with Gasteiger partial charge in [0, 0.05) is 51.2 Å². The molecule has 1 aromatic heterocycles. The molecular weight excluding hydrogens is 615 g/mol. The van der Waals surface area contributed by atoms with Crippen LogP contribution in [0.25, 0.3) is 0 Å². The van der Waals surface area contributed by atoms with E-state index in [9.17, 15) is 35.5 Å². The zero-order valence-corrected chi connectivity index (χ0v) is 23.7. The number of nitrogens with zero attached hydrogens (tertiary/aromatic N) is 4. The van der Waals surface area contributed by atoms with Crippen molar-refractivity contribution in [1.29, 1.82) is 0 Å². The first-order valence-corrected chi connectivity index (χ1v) is 13.3. The van der Waals surface area contributed by atoms with Crippen LogP contribution < -0.4 is 25.6 Å². The third-order valence-electron chi connectivity index (χ3n) is 6.52. The minimum atomic E-state index is -4.90. The molecule has 0 bridgehead atoms. The van der Waals surface area contributed by atoms with Crippen LogP contribution in [0.2, 0.25) is 0 Å². The van der Waals surface area contributed by atoms with E-state index in [-0.39, 0.29) is 22.7 Å². The Morgan fingerprint density at radius 1 is 1.13 bits per heavy atom. The number of anilines is 6. The van der Waals surface area contributed by atoms with Gasteiger partial charge in [0.25, 0.3) is 5.91 Å². The van der Waals surface area contributed by atoms with Gasteiger partial charge in [-0.2, -0.15) is 26.9 Å². The molecule has 0 saturated carbocycles. The summed E-state index contributed by atoms with van der Waals surface area (Å²) in [6.07, 6.45) is -4.44. The Labute approximate surface area is 252 Å². The maximum atomic E-state index is 13.7. The van der Waals surface area contributed by atoms with E-state index in [0.717, 1.165) is 24.3 Å². The summed E-state index contributed by atoms with van der Waals surface area (Å²) in [5.74, 6) is -4.88. The number of hydrogen-bond donors (Lipinski definition) is 3. The predicted molar refractivity (Wildman–Crippen MR) is 152 cm³/mol. The summed E-state index contributed by atoms with van der Waals surface area (Å²) in [4.78, 5) is 23.5. The zero-order valence-electron chi connectivity index (χ0n) is 23.7. The Morgan fingerprint density at radius 3 is 2.44 bits per heavy atom. The Bertz CT molecular complexity index is 1500. The fourth-order valence-electron chi connectivity index (χ4n) is 4.24. The first-order valence-electron chi connectivity index (χ1n) is 13.3. The van der Waals surface area contributed by atoms with Gasteiger partial charge in [0.05, 0.1) is 30.3 Å². The van der Waals surface area contributed by atoms with Crippen molar-refractivity contribution in [3.63, 3.8) is 0 Å². The number of hydrogen-bond acceptors (Lipinski definition) is 9. The van der Waals surface area contributed by atoms with Crippen LogP contribution in [0, 0.1) is 5.82 Å². The average Bonchev–Trinajstić information content (AvgIpc) is 2.98. The van der Waals surface area contributed by atoms with Crippen LogP contribution >= 0.6 is 0 Å². The molecule has 0 spiro atoms. The summed E-state index contributed by atoms with van der Waals surface area (Å²) in [6.45, 7) is 2.96. The van der Waals surface area contributed by atoms with Crippen molar-refractivity contribution in [2.45, 2.75) is 12.8 Å². The third-order valence-corrected chi connectivity index (χ3v) is 6.52. The largest absolute Gasteiger partial charge is 0.433 e. The Balaban J connectivity index is 1.71. The second kappa shape index (κ2) is 14.4. The molecule has 10 nitrogen and oxygen atoms in total. The monoisotopic (exact) mass is 643 g/mol. The highest BCUT2D eigenvalue weighted by atomic mass is 19.4. The Kier molecular flexibility index (Phi) is 10.7. The molecule has 1 amide bonds. The highest BCUT2D eigenvalue weighted by Gasteiger charge is 2.35. The zero-order chi connectivity index (χ0) is 32.7. The molecule has 0 aliphatic carbocycles. The Hall–Kier alpha value is -4.64. The van der Waals surface area contributed by atoms with E-state index >= 15 is 0 Å². The van der Waals surface area contributed by atoms with Crippen molar-refractivity contribution in [3.05, 3.63) is 66.4 Å². The average molecular weight is 644 g/mol. The normalized spacial score (nSPS) is 13.8. The number of morpholine rings is 1. The number of benzene rings is 2. The summed E-state index contributed by atoms with van der Waals surface area (Å²) in [5, 5.41) is 7.28. The lowest BCUT2D eigenvalue weighted by Gasteiger charge is -2.30. The third kappa shape index (κ3) is 9.18. The first kappa shape index (κ1) is 33.3. The first-order chi connectivity index (χ1) is 21.3. The molecule has 2 heterocycles. The number of likely N-dealkylation sites (N-methyl/N-ethyl adjacent to an activating group) is 1. The molecule has 45 heavy (non-hydrogen) atoms. The molecular formula is C28H28F7N7O3. The van der Waals surface area contributed by atoms with Gasteiger partial charge in [-0.1, -0.05) is 6.58 Å². The van der Waals surface area contributed by atoms with Crippen LogP contribution in [0.4, 0.5) is 65.2 Å². The number of ether oxygens (including phenoxy) is 2. The maximum absolute atomic E-state index is 13.7. The van der Waals surface area contributed by atoms with Crippen LogP contribution in [0.5, 0.6) is 5.75 Å². The van der Waals surface area contributed by atoms with E-state index < -0.39 is 53.4 Å². The van der Waals surface area contributed by atoms with Gasteiger partial charge in [0.2, 0.25) is 5.95 Å². The summed E-state index contributed by atoms with van der Waals surface area (Å²) in [6, 6.07) is 6.67. The minimum absolute atomic E-state index is 0.0641. The van der Waals surface area contributed by atoms with Gasteiger partial charge in [-0.05, 0) is 30.3 Å². The van der Waals surface area contributed by atoms with Gasteiger partial charge in [0.1, 0.15) is 17.2 Å². The van der Waals surface area contributed by atoms with Crippen molar-refractivity contribution >= 4 is 40.4 Å². The molecule has 4 rings (SSSR count). The van der Waals surface area contributed by atoms with Crippen LogP contribution in [0.3, 0.4) is 0 Å². The van der Waals surface area contributed by atoms with Gasteiger partial charge < -0.3 is 30.3 Å². The summed E-state index contributed by atoms with van der Waals surface area (Å²) >= 11 is 0. The summed E-state index contributed by atoms with van der Waals surface area (Å²) < 4.78 is 105. The molecule has 0 radical (unpaired) electrons. The van der Waals surface area contributed by atoms with Gasteiger partial charge in [-0.3, -0.25) is 9.69 Å². The van der Waals surface area contributed by atoms with Crippen molar-refractivity contribution in [2.75, 3.05) is 67.3 Å². The number of alkyl halides is 5. The van der Waals surface area contributed by atoms with Crippen LogP contribution in [-0.2, 0) is 15.7 Å². The molecule has 1 aliphatic heterocycles. The van der Waals surface area contributed by atoms with Crippen LogP contribution in [-0.4, -0.2) is 73.8 Å². The lowest BCUT2D eigenvalue weighted by atomic mass is 10.2. The molecule has 2 aromatic carbocycles. The van der Waals surface area contributed by atoms with Crippen molar-refractivity contribution in [3.8, 4) is 5.75 Å². The molecule has 242 valence electrons. The number of carbonyl (C=O) groups excluding carboxylic acids is 1. The van der Waals surface area contributed by atoms with Crippen LogP contribution in [0.1, 0.15) is 5.56 Å². The lowest BCUT2D eigenvalue weighted by Crippen LogP contribution is -2.40. The molecule has 0 unspecified atom stereocenters. The standard InChI is InChI=1S/C28H28F7N7O3/c1-16(29)25(43)38-20-13-21(23(45-26(31)32)14-22(20)41(2)7-8-42-9-11-44-12-10-42)39-27-36-15-19(28(33,34)35)24(40-27)37-18-5-3-17(30)4-6-18/h3-6,13-15,26H,1,7-12H2,2H3,(H,38,43)(H2,36,37,39,40). The fourth-order valence-corrected chi connectivity index (χ4v) is 4.24. The molecule has 1 fully saturated rings. The van der Waals surface area contributed by atoms with Crippen LogP contribution in [0.15, 0.2) is 55.0 Å². The van der Waals surface area contributed by atoms with E-state index in [1.54, 1.807) is 11.9 Å². The highest BCUT2D eigenvalue weighted by Crippen LogP contribution is 2.40. The van der Waals surface area contributed by atoms with E-state index in [1.165, 1.54) is 12.1 Å². The van der Waals surface area contributed by atoms with Gasteiger partial charge >= 0.3 is 12.8 Å². The van der Waals surface area contributed by atoms with Crippen molar-refractivity contribution in [1.82, 2.24) is 14.9 Å².